The van der Waals surface area contributed by atoms with Crippen LogP contribution in [0.1, 0.15) is 37.3 Å². The Morgan fingerprint density at radius 2 is 1.78 bits per heavy atom. The zero-order valence-electron chi connectivity index (χ0n) is 20.4. The number of sulfonamides is 1. The molecule has 1 aliphatic heterocycles. The highest BCUT2D eigenvalue weighted by Crippen LogP contribution is 2.41. The van der Waals surface area contributed by atoms with Crippen LogP contribution in [0.25, 0.3) is 0 Å². The summed E-state index contributed by atoms with van der Waals surface area (Å²) >= 11 is 0. The van der Waals surface area contributed by atoms with Crippen LogP contribution in [0.2, 0.25) is 0 Å². The lowest BCUT2D eigenvalue weighted by Crippen LogP contribution is -2.40. The maximum atomic E-state index is 13.8. The molecule has 1 unspecified atom stereocenters. The average Bonchev–Trinajstić information content (AvgIpc) is 3.20. The van der Waals surface area contributed by atoms with Gasteiger partial charge in [-0.2, -0.15) is 0 Å². The molecular weight excluding hydrogens is 479 g/mol. The van der Waals surface area contributed by atoms with Crippen LogP contribution in [0.3, 0.4) is 0 Å². The molecule has 2 amide bonds. The molecule has 1 atom stereocenters. The van der Waals surface area contributed by atoms with Gasteiger partial charge in [-0.25, -0.2) is 22.3 Å². The van der Waals surface area contributed by atoms with Crippen LogP contribution in [0.4, 0.5) is 26.2 Å². The first-order chi connectivity index (χ1) is 17.3. The number of aryl methyl sites for hydroxylation is 1. The van der Waals surface area contributed by atoms with Gasteiger partial charge in [-0.1, -0.05) is 43.2 Å². The predicted molar refractivity (Wildman–Crippen MR) is 141 cm³/mol. The van der Waals surface area contributed by atoms with Gasteiger partial charge in [-0.15, -0.1) is 0 Å². The van der Waals surface area contributed by atoms with E-state index < -0.39 is 16.1 Å². The van der Waals surface area contributed by atoms with Gasteiger partial charge in [0, 0.05) is 12.2 Å². The van der Waals surface area contributed by atoms with Crippen LogP contribution < -0.4 is 20.3 Å². The fourth-order valence-corrected chi connectivity index (χ4v) is 5.17. The molecule has 3 aromatic rings. The van der Waals surface area contributed by atoms with Crippen molar-refractivity contribution in [2.75, 3.05) is 16.8 Å². The van der Waals surface area contributed by atoms with Crippen LogP contribution in [-0.4, -0.2) is 27.2 Å². The Hall–Kier alpha value is -3.59. The number of halogens is 1. The van der Waals surface area contributed by atoms with E-state index in [1.807, 2.05) is 35.9 Å². The Bertz CT molecular complexity index is 1310. The standard InChI is InChI=1S/C27H31FN4O3S/c1-3-4-5-26-30-24-18-21(28)10-15-25(24)32(26)22-11-8-20(9-12-22)16-17-29-27(33)31-36(34,35)23-13-6-19(2)7-14-23/h6-15,18,26,30H,3-5,16-17H2,1-2H3,(H2,29,31,33). The van der Waals surface area contributed by atoms with Gasteiger partial charge in [-0.3, -0.25) is 0 Å². The van der Waals surface area contributed by atoms with Gasteiger partial charge in [0.25, 0.3) is 10.0 Å². The molecule has 0 spiro atoms. The maximum Gasteiger partial charge on any atom is 0.328 e. The molecule has 0 bridgehead atoms. The first kappa shape index (κ1) is 25.5. The number of urea groups is 1. The highest BCUT2D eigenvalue weighted by Gasteiger charge is 2.29. The Balaban J connectivity index is 1.35. The van der Waals surface area contributed by atoms with Crippen molar-refractivity contribution in [3.8, 4) is 0 Å². The molecule has 190 valence electrons. The number of hydrogen-bond acceptors (Lipinski definition) is 5. The summed E-state index contributed by atoms with van der Waals surface area (Å²) in [5.74, 6) is -0.268. The van der Waals surface area contributed by atoms with Crippen molar-refractivity contribution < 1.29 is 17.6 Å². The quantitative estimate of drug-likeness (QED) is 0.356. The molecule has 0 aromatic heterocycles. The van der Waals surface area contributed by atoms with E-state index in [0.717, 1.165) is 47.5 Å². The number of benzene rings is 3. The smallest absolute Gasteiger partial charge is 0.328 e. The van der Waals surface area contributed by atoms with E-state index in [2.05, 4.69) is 22.5 Å². The van der Waals surface area contributed by atoms with Gasteiger partial charge >= 0.3 is 6.03 Å². The topological polar surface area (TPSA) is 90.5 Å². The number of rotatable bonds is 9. The third-order valence-corrected chi connectivity index (χ3v) is 7.50. The largest absolute Gasteiger partial charge is 0.363 e. The summed E-state index contributed by atoms with van der Waals surface area (Å²) in [4.78, 5) is 14.4. The fourth-order valence-electron chi connectivity index (χ4n) is 4.24. The van der Waals surface area contributed by atoms with Crippen LogP contribution in [0.15, 0.2) is 71.6 Å². The molecule has 4 rings (SSSR count). The minimum absolute atomic E-state index is 0.0387. The molecule has 0 fully saturated rings. The third-order valence-electron chi connectivity index (χ3n) is 6.16. The van der Waals surface area contributed by atoms with E-state index in [4.69, 9.17) is 0 Å². The molecule has 1 heterocycles. The number of nitrogens with zero attached hydrogens (tertiary/aromatic N) is 1. The van der Waals surface area contributed by atoms with Crippen LogP contribution in [-0.2, 0) is 16.4 Å². The molecule has 3 aromatic carbocycles. The first-order valence-corrected chi connectivity index (χ1v) is 13.6. The summed E-state index contributed by atoms with van der Waals surface area (Å²) in [6.45, 7) is 4.28. The summed E-state index contributed by atoms with van der Waals surface area (Å²) in [5.41, 5.74) is 4.65. The van der Waals surface area contributed by atoms with Crippen LogP contribution in [0, 0.1) is 12.7 Å². The summed E-state index contributed by atoms with van der Waals surface area (Å²) in [6.07, 6.45) is 3.64. The van der Waals surface area contributed by atoms with Crippen LogP contribution in [0.5, 0.6) is 0 Å². The van der Waals surface area contributed by atoms with Gasteiger partial charge in [0.15, 0.2) is 0 Å². The van der Waals surface area contributed by atoms with Gasteiger partial charge in [0.05, 0.1) is 16.3 Å². The molecule has 36 heavy (non-hydrogen) atoms. The second-order valence-corrected chi connectivity index (χ2v) is 10.6. The van der Waals surface area contributed by atoms with Crippen molar-refractivity contribution in [2.45, 2.75) is 50.6 Å². The Labute approximate surface area is 211 Å². The molecule has 0 aliphatic carbocycles. The SMILES string of the molecule is CCCCC1Nc2cc(F)ccc2N1c1ccc(CCNC(=O)NS(=O)(=O)c2ccc(C)cc2)cc1. The lowest BCUT2D eigenvalue weighted by Gasteiger charge is -2.27. The van der Waals surface area contributed by atoms with Crippen molar-refractivity contribution in [1.82, 2.24) is 10.0 Å². The summed E-state index contributed by atoms with van der Waals surface area (Å²) < 4.78 is 40.5. The number of carbonyl (C=O) groups excluding carboxylic acids is 1. The monoisotopic (exact) mass is 510 g/mol. The minimum atomic E-state index is -3.92. The number of carbonyl (C=O) groups is 1. The van der Waals surface area contributed by atoms with Gasteiger partial charge in [0.1, 0.15) is 12.0 Å². The van der Waals surface area contributed by atoms with Crippen molar-refractivity contribution in [1.29, 1.82) is 0 Å². The lowest BCUT2D eigenvalue weighted by molar-refractivity contribution is 0.246. The van der Waals surface area contributed by atoms with E-state index in [1.165, 1.54) is 24.3 Å². The van der Waals surface area contributed by atoms with Crippen molar-refractivity contribution in [3.05, 3.63) is 83.7 Å². The van der Waals surface area contributed by atoms with Gasteiger partial charge < -0.3 is 15.5 Å². The van der Waals surface area contributed by atoms with Gasteiger partial charge in [-0.05, 0) is 74.2 Å². The number of unbranched alkanes of at least 4 members (excludes halogenated alkanes) is 1. The lowest BCUT2D eigenvalue weighted by atomic mass is 10.1. The number of anilines is 3. The molecule has 9 heteroatoms. The van der Waals surface area contributed by atoms with Crippen molar-refractivity contribution >= 4 is 33.1 Å². The second-order valence-electron chi connectivity index (χ2n) is 8.92. The minimum Gasteiger partial charge on any atom is -0.363 e. The van der Waals surface area contributed by atoms with Crippen molar-refractivity contribution in [3.63, 3.8) is 0 Å². The average molecular weight is 511 g/mol. The summed E-state index contributed by atoms with van der Waals surface area (Å²) in [5, 5.41) is 6.04. The van der Waals surface area contributed by atoms with Crippen LogP contribution >= 0.6 is 0 Å². The molecule has 3 N–H and O–H groups in total. The molecule has 0 saturated heterocycles. The van der Waals surface area contributed by atoms with Crippen molar-refractivity contribution in [2.24, 2.45) is 0 Å². The Morgan fingerprint density at radius 3 is 2.47 bits per heavy atom. The van der Waals surface area contributed by atoms with E-state index >= 15 is 0 Å². The zero-order chi connectivity index (χ0) is 25.7. The highest BCUT2D eigenvalue weighted by molar-refractivity contribution is 7.90. The normalized spacial score (nSPS) is 14.8. The number of nitrogens with one attached hydrogen (secondary N) is 3. The van der Waals surface area contributed by atoms with E-state index in [1.54, 1.807) is 18.2 Å². The molecule has 0 radical (unpaired) electrons. The second kappa shape index (κ2) is 11.0. The molecule has 0 saturated carbocycles. The summed E-state index contributed by atoms with van der Waals surface area (Å²) in [7, 11) is -3.92. The molecule has 1 aliphatic rings. The third kappa shape index (κ3) is 5.96. The van der Waals surface area contributed by atoms with E-state index in [0.29, 0.717) is 6.42 Å². The molecular formula is C27H31FN4O3S. The highest BCUT2D eigenvalue weighted by atomic mass is 32.2. The number of amides is 2. The Kier molecular flexibility index (Phi) is 7.79. The number of fused-ring (bicyclic) bond motifs is 1. The van der Waals surface area contributed by atoms with Gasteiger partial charge in [0.2, 0.25) is 0 Å². The fraction of sp³-hybridized carbons (Fsp3) is 0.296. The predicted octanol–water partition coefficient (Wildman–Crippen LogP) is 5.44. The summed E-state index contributed by atoms with van der Waals surface area (Å²) in [6, 6.07) is 18.3. The Morgan fingerprint density at radius 1 is 1.06 bits per heavy atom. The maximum absolute atomic E-state index is 13.8. The first-order valence-electron chi connectivity index (χ1n) is 12.1. The zero-order valence-corrected chi connectivity index (χ0v) is 21.2. The van der Waals surface area contributed by atoms with E-state index in [9.17, 15) is 17.6 Å². The molecule has 7 nitrogen and oxygen atoms in total. The van der Waals surface area contributed by atoms with E-state index in [-0.39, 0.29) is 23.4 Å². The number of hydrogen-bond donors (Lipinski definition) is 3.